The minimum absolute atomic E-state index is 0.551. The Morgan fingerprint density at radius 2 is 2.20 bits per heavy atom. The molecule has 0 amide bonds. The van der Waals surface area contributed by atoms with Gasteiger partial charge in [-0.1, -0.05) is 0 Å². The standard InChI is InChI=1S/C11H9N3O/c1-8-10(5-12-7-14-8)11-9(6-15)3-2-4-13-11/h2-7H,1H3. The van der Waals surface area contributed by atoms with Gasteiger partial charge in [-0.2, -0.15) is 0 Å². The van der Waals surface area contributed by atoms with Crippen molar-refractivity contribution in [1.82, 2.24) is 15.0 Å². The normalized spacial score (nSPS) is 9.93. The zero-order chi connectivity index (χ0) is 10.7. The summed E-state index contributed by atoms with van der Waals surface area (Å²) in [5.41, 5.74) is 2.79. The molecular formula is C11H9N3O. The van der Waals surface area contributed by atoms with Gasteiger partial charge in [0.1, 0.15) is 6.33 Å². The topological polar surface area (TPSA) is 55.7 Å². The number of hydrogen-bond donors (Lipinski definition) is 0. The third-order valence-electron chi connectivity index (χ3n) is 2.13. The Morgan fingerprint density at radius 1 is 1.33 bits per heavy atom. The molecule has 2 rings (SSSR count). The molecule has 0 saturated carbocycles. The number of aryl methyl sites for hydroxylation is 1. The Bertz CT molecular complexity index is 497. The van der Waals surface area contributed by atoms with Gasteiger partial charge < -0.3 is 0 Å². The van der Waals surface area contributed by atoms with Crippen LogP contribution >= 0.6 is 0 Å². The van der Waals surface area contributed by atoms with Crippen molar-refractivity contribution in [3.8, 4) is 11.3 Å². The van der Waals surface area contributed by atoms with Crippen molar-refractivity contribution >= 4 is 6.29 Å². The Balaban J connectivity index is 2.64. The molecule has 0 saturated heterocycles. The predicted octanol–water partition coefficient (Wildman–Crippen LogP) is 1.66. The quantitative estimate of drug-likeness (QED) is 0.690. The molecule has 0 aliphatic heterocycles. The third kappa shape index (κ3) is 1.74. The molecular weight excluding hydrogens is 190 g/mol. The lowest BCUT2D eigenvalue weighted by Gasteiger charge is -2.04. The lowest BCUT2D eigenvalue weighted by Crippen LogP contribution is -1.95. The molecule has 2 aromatic heterocycles. The SMILES string of the molecule is Cc1ncncc1-c1ncccc1C=O. The number of nitrogens with zero attached hydrogens (tertiary/aromatic N) is 3. The van der Waals surface area contributed by atoms with Crippen molar-refractivity contribution in [2.75, 3.05) is 0 Å². The number of rotatable bonds is 2. The second-order valence-corrected chi connectivity index (χ2v) is 3.08. The highest BCUT2D eigenvalue weighted by atomic mass is 16.1. The van der Waals surface area contributed by atoms with E-state index in [1.165, 1.54) is 6.33 Å². The van der Waals surface area contributed by atoms with Crippen molar-refractivity contribution in [3.63, 3.8) is 0 Å². The number of carbonyl (C=O) groups excluding carboxylic acids is 1. The van der Waals surface area contributed by atoms with Crippen molar-refractivity contribution in [3.05, 3.63) is 42.1 Å². The maximum atomic E-state index is 10.8. The fraction of sp³-hybridized carbons (Fsp3) is 0.0909. The van der Waals surface area contributed by atoms with Crippen LogP contribution in [0.25, 0.3) is 11.3 Å². The van der Waals surface area contributed by atoms with Gasteiger partial charge in [-0.3, -0.25) is 9.78 Å². The van der Waals surface area contributed by atoms with Gasteiger partial charge in [-0.25, -0.2) is 9.97 Å². The summed E-state index contributed by atoms with van der Waals surface area (Å²) in [5.74, 6) is 0. The lowest BCUT2D eigenvalue weighted by atomic mass is 10.1. The van der Waals surface area contributed by atoms with Crippen LogP contribution in [0.3, 0.4) is 0 Å². The van der Waals surface area contributed by atoms with Crippen LogP contribution in [0.2, 0.25) is 0 Å². The molecule has 0 fully saturated rings. The highest BCUT2D eigenvalue weighted by Crippen LogP contribution is 2.20. The minimum atomic E-state index is 0.551. The number of aldehydes is 1. The van der Waals surface area contributed by atoms with Gasteiger partial charge in [-0.15, -0.1) is 0 Å². The van der Waals surface area contributed by atoms with Crippen LogP contribution < -0.4 is 0 Å². The van der Waals surface area contributed by atoms with Crippen LogP contribution in [-0.4, -0.2) is 21.2 Å². The van der Waals surface area contributed by atoms with E-state index >= 15 is 0 Å². The van der Waals surface area contributed by atoms with Gasteiger partial charge in [0.25, 0.3) is 0 Å². The van der Waals surface area contributed by atoms with Crippen LogP contribution in [-0.2, 0) is 0 Å². The molecule has 0 aromatic carbocycles. The van der Waals surface area contributed by atoms with Gasteiger partial charge in [0.15, 0.2) is 6.29 Å². The smallest absolute Gasteiger partial charge is 0.152 e. The van der Waals surface area contributed by atoms with Gasteiger partial charge in [0.2, 0.25) is 0 Å². The number of carbonyl (C=O) groups is 1. The Labute approximate surface area is 87.0 Å². The molecule has 0 unspecified atom stereocenters. The van der Waals surface area contributed by atoms with E-state index in [-0.39, 0.29) is 0 Å². The summed E-state index contributed by atoms with van der Waals surface area (Å²) >= 11 is 0. The van der Waals surface area contributed by atoms with E-state index in [1.807, 2.05) is 6.92 Å². The highest BCUT2D eigenvalue weighted by molar-refractivity contribution is 5.85. The van der Waals surface area contributed by atoms with Crippen LogP contribution in [0.4, 0.5) is 0 Å². The summed E-state index contributed by atoms with van der Waals surface area (Å²) in [7, 11) is 0. The lowest BCUT2D eigenvalue weighted by molar-refractivity contribution is 0.112. The maximum Gasteiger partial charge on any atom is 0.152 e. The molecule has 2 aromatic rings. The van der Waals surface area contributed by atoms with Gasteiger partial charge in [0.05, 0.1) is 11.4 Å². The first-order chi connectivity index (χ1) is 7.33. The van der Waals surface area contributed by atoms with Crippen molar-refractivity contribution in [2.45, 2.75) is 6.92 Å². The number of pyridine rings is 1. The van der Waals surface area contributed by atoms with E-state index in [4.69, 9.17) is 0 Å². The van der Waals surface area contributed by atoms with Crippen LogP contribution in [0.5, 0.6) is 0 Å². The molecule has 2 heterocycles. The molecule has 4 heteroatoms. The molecule has 0 aliphatic carbocycles. The zero-order valence-corrected chi connectivity index (χ0v) is 8.21. The molecule has 0 spiro atoms. The molecule has 0 atom stereocenters. The van der Waals surface area contributed by atoms with E-state index in [0.29, 0.717) is 11.3 Å². The predicted molar refractivity (Wildman–Crippen MR) is 55.4 cm³/mol. The molecule has 0 aliphatic rings. The highest BCUT2D eigenvalue weighted by Gasteiger charge is 2.08. The molecule has 0 N–H and O–H groups in total. The largest absolute Gasteiger partial charge is 0.298 e. The van der Waals surface area contributed by atoms with Crippen LogP contribution in [0, 0.1) is 6.92 Å². The first kappa shape index (κ1) is 9.45. The van der Waals surface area contributed by atoms with E-state index in [1.54, 1.807) is 24.5 Å². The summed E-state index contributed by atoms with van der Waals surface area (Å²) in [6, 6.07) is 3.45. The van der Waals surface area contributed by atoms with E-state index < -0.39 is 0 Å². The average Bonchev–Trinajstić information content (AvgIpc) is 2.30. The Kier molecular flexibility index (Phi) is 2.49. The van der Waals surface area contributed by atoms with Crippen molar-refractivity contribution < 1.29 is 4.79 Å². The van der Waals surface area contributed by atoms with Gasteiger partial charge >= 0.3 is 0 Å². The summed E-state index contributed by atoms with van der Waals surface area (Å²) in [6.45, 7) is 1.86. The molecule has 0 bridgehead atoms. The molecule has 15 heavy (non-hydrogen) atoms. The monoisotopic (exact) mass is 199 g/mol. The van der Waals surface area contributed by atoms with Crippen molar-refractivity contribution in [1.29, 1.82) is 0 Å². The summed E-state index contributed by atoms with van der Waals surface area (Å²) in [6.07, 6.45) is 5.57. The Hall–Kier alpha value is -2.10. The maximum absolute atomic E-state index is 10.8. The first-order valence-corrected chi connectivity index (χ1v) is 4.50. The zero-order valence-electron chi connectivity index (χ0n) is 8.21. The average molecular weight is 199 g/mol. The molecule has 0 radical (unpaired) electrons. The fourth-order valence-electron chi connectivity index (χ4n) is 1.36. The van der Waals surface area contributed by atoms with Crippen LogP contribution in [0.15, 0.2) is 30.9 Å². The summed E-state index contributed by atoms with van der Waals surface area (Å²) < 4.78 is 0. The van der Waals surface area contributed by atoms with Crippen molar-refractivity contribution in [2.24, 2.45) is 0 Å². The number of hydrogen-bond acceptors (Lipinski definition) is 4. The van der Waals surface area contributed by atoms with E-state index in [9.17, 15) is 4.79 Å². The second kappa shape index (κ2) is 3.96. The van der Waals surface area contributed by atoms with E-state index in [0.717, 1.165) is 17.5 Å². The number of aromatic nitrogens is 3. The second-order valence-electron chi connectivity index (χ2n) is 3.08. The summed E-state index contributed by atoms with van der Waals surface area (Å²) in [4.78, 5) is 23.0. The van der Waals surface area contributed by atoms with Gasteiger partial charge in [0, 0.05) is 23.5 Å². The van der Waals surface area contributed by atoms with Gasteiger partial charge in [-0.05, 0) is 19.1 Å². The van der Waals surface area contributed by atoms with E-state index in [2.05, 4.69) is 15.0 Å². The summed E-state index contributed by atoms with van der Waals surface area (Å²) in [5, 5.41) is 0. The third-order valence-corrected chi connectivity index (χ3v) is 2.13. The Morgan fingerprint density at radius 3 is 2.93 bits per heavy atom. The first-order valence-electron chi connectivity index (χ1n) is 4.50. The minimum Gasteiger partial charge on any atom is -0.298 e. The van der Waals surface area contributed by atoms with Crippen LogP contribution in [0.1, 0.15) is 16.1 Å². The molecule has 4 nitrogen and oxygen atoms in total. The molecule has 74 valence electrons. The fourth-order valence-corrected chi connectivity index (χ4v) is 1.36.